The van der Waals surface area contributed by atoms with E-state index >= 15 is 0 Å². The van der Waals surface area contributed by atoms with Crippen LogP contribution in [0.5, 0.6) is 5.75 Å². The number of carbonyl (C=O) groups excluding carboxylic acids is 2. The van der Waals surface area contributed by atoms with Crippen molar-refractivity contribution < 1.29 is 19.1 Å². The molecule has 26 heavy (non-hydrogen) atoms. The van der Waals surface area contributed by atoms with E-state index in [1.165, 1.54) is 11.3 Å². The van der Waals surface area contributed by atoms with Gasteiger partial charge in [-0.05, 0) is 24.6 Å². The number of nitrogens with one attached hydrogen (secondary N) is 1. The van der Waals surface area contributed by atoms with Crippen LogP contribution in [0.4, 0.5) is 9.93 Å². The zero-order valence-corrected chi connectivity index (χ0v) is 15.6. The van der Waals surface area contributed by atoms with Crippen molar-refractivity contribution >= 4 is 28.5 Å². The molecule has 1 aliphatic heterocycles. The predicted molar refractivity (Wildman–Crippen MR) is 98.6 cm³/mol. The van der Waals surface area contributed by atoms with E-state index in [9.17, 15) is 9.59 Å². The van der Waals surface area contributed by atoms with Gasteiger partial charge in [-0.15, -0.1) is 0 Å². The third-order valence-corrected chi connectivity index (χ3v) is 5.06. The summed E-state index contributed by atoms with van der Waals surface area (Å²) in [6, 6.07) is 7.54. The van der Waals surface area contributed by atoms with Gasteiger partial charge in [-0.3, -0.25) is 10.1 Å². The lowest BCUT2D eigenvalue weighted by molar-refractivity contribution is -0.131. The Balaban J connectivity index is 1.63. The van der Waals surface area contributed by atoms with Crippen LogP contribution in [0.1, 0.15) is 23.1 Å². The number of amides is 2. The van der Waals surface area contributed by atoms with Gasteiger partial charge in [-0.25, -0.2) is 9.78 Å². The van der Waals surface area contributed by atoms with Gasteiger partial charge >= 0.3 is 6.09 Å². The minimum Gasteiger partial charge on any atom is -0.497 e. The van der Waals surface area contributed by atoms with Crippen molar-refractivity contribution in [3.8, 4) is 5.75 Å². The van der Waals surface area contributed by atoms with Crippen molar-refractivity contribution in [3.05, 3.63) is 40.4 Å². The Bertz CT molecular complexity index is 805. The summed E-state index contributed by atoms with van der Waals surface area (Å²) in [6.07, 6.45) is 0.504. The molecule has 2 amide bonds. The van der Waals surface area contributed by atoms with E-state index in [0.29, 0.717) is 37.7 Å². The molecule has 0 spiro atoms. The zero-order chi connectivity index (χ0) is 18.5. The van der Waals surface area contributed by atoms with E-state index in [-0.39, 0.29) is 5.91 Å². The number of aromatic nitrogens is 1. The number of anilines is 1. The molecule has 2 aromatic rings. The number of thiazole rings is 1. The Labute approximate surface area is 155 Å². The van der Waals surface area contributed by atoms with E-state index in [2.05, 4.69) is 10.3 Å². The molecule has 1 N–H and O–H groups in total. The van der Waals surface area contributed by atoms with Gasteiger partial charge in [0.05, 0.1) is 32.4 Å². The summed E-state index contributed by atoms with van der Waals surface area (Å²) in [5.74, 6) is 0.811. The van der Waals surface area contributed by atoms with E-state index < -0.39 is 6.09 Å². The molecule has 0 bridgehead atoms. The monoisotopic (exact) mass is 375 g/mol. The Hall–Kier alpha value is -2.61. The molecule has 0 radical (unpaired) electrons. The molecule has 0 atom stereocenters. The maximum atomic E-state index is 12.6. The highest BCUT2D eigenvalue weighted by atomic mass is 32.1. The molecule has 2 heterocycles. The first-order valence-corrected chi connectivity index (χ1v) is 9.23. The second-order valence-electron chi connectivity index (χ2n) is 5.83. The van der Waals surface area contributed by atoms with Crippen molar-refractivity contribution in [1.82, 2.24) is 9.88 Å². The molecule has 3 rings (SSSR count). The number of benzene rings is 1. The van der Waals surface area contributed by atoms with Crippen molar-refractivity contribution in [2.24, 2.45) is 0 Å². The highest BCUT2D eigenvalue weighted by molar-refractivity contribution is 7.15. The predicted octanol–water partition coefficient (Wildman–Crippen LogP) is 2.85. The lowest BCUT2D eigenvalue weighted by Crippen LogP contribution is -2.36. The SMILES string of the molecule is CCOC(=O)Nc1nc2c(s1)CN(C(=O)Cc1cccc(OC)c1)CC2. The highest BCUT2D eigenvalue weighted by Crippen LogP contribution is 2.28. The van der Waals surface area contributed by atoms with Crippen LogP contribution in [0.25, 0.3) is 0 Å². The normalized spacial score (nSPS) is 13.1. The van der Waals surface area contributed by atoms with Crippen LogP contribution in [0.15, 0.2) is 24.3 Å². The van der Waals surface area contributed by atoms with E-state index in [0.717, 1.165) is 21.9 Å². The van der Waals surface area contributed by atoms with E-state index in [1.807, 2.05) is 29.2 Å². The van der Waals surface area contributed by atoms with Gasteiger partial charge < -0.3 is 14.4 Å². The quantitative estimate of drug-likeness (QED) is 0.869. The summed E-state index contributed by atoms with van der Waals surface area (Å²) in [4.78, 5) is 31.4. The first-order chi connectivity index (χ1) is 12.6. The van der Waals surface area contributed by atoms with Crippen molar-refractivity contribution in [3.63, 3.8) is 0 Å². The largest absolute Gasteiger partial charge is 0.497 e. The fourth-order valence-electron chi connectivity index (χ4n) is 2.79. The maximum Gasteiger partial charge on any atom is 0.413 e. The van der Waals surface area contributed by atoms with Gasteiger partial charge in [0.1, 0.15) is 5.75 Å². The number of fused-ring (bicyclic) bond motifs is 1. The van der Waals surface area contributed by atoms with Gasteiger partial charge in [0.15, 0.2) is 5.13 Å². The average molecular weight is 375 g/mol. The smallest absolute Gasteiger partial charge is 0.413 e. The lowest BCUT2D eigenvalue weighted by atomic mass is 10.1. The zero-order valence-electron chi connectivity index (χ0n) is 14.8. The Kier molecular flexibility index (Phi) is 5.72. The first-order valence-electron chi connectivity index (χ1n) is 8.42. The van der Waals surface area contributed by atoms with Gasteiger partial charge in [0, 0.05) is 17.8 Å². The van der Waals surface area contributed by atoms with Crippen LogP contribution in [0, 0.1) is 0 Å². The van der Waals surface area contributed by atoms with Crippen LogP contribution in [0.3, 0.4) is 0 Å². The molecule has 7 nitrogen and oxygen atoms in total. The molecule has 1 aromatic carbocycles. The van der Waals surface area contributed by atoms with Crippen LogP contribution >= 0.6 is 11.3 Å². The third kappa shape index (κ3) is 4.32. The van der Waals surface area contributed by atoms with Gasteiger partial charge in [0.2, 0.25) is 5.91 Å². The minimum atomic E-state index is -0.510. The Morgan fingerprint density at radius 3 is 3.00 bits per heavy atom. The molecule has 0 saturated carbocycles. The molecule has 138 valence electrons. The number of hydrogen-bond donors (Lipinski definition) is 1. The van der Waals surface area contributed by atoms with Crippen molar-refractivity contribution in [1.29, 1.82) is 0 Å². The topological polar surface area (TPSA) is 80.8 Å². The summed E-state index contributed by atoms with van der Waals surface area (Å²) in [5.41, 5.74) is 1.86. The van der Waals surface area contributed by atoms with Gasteiger partial charge in [-0.1, -0.05) is 23.5 Å². The molecule has 0 saturated heterocycles. The highest BCUT2D eigenvalue weighted by Gasteiger charge is 2.24. The standard InChI is InChI=1S/C18H21N3O4S/c1-3-25-18(23)20-17-19-14-7-8-21(11-15(14)26-17)16(22)10-12-5-4-6-13(9-12)24-2/h4-6,9H,3,7-8,10-11H2,1-2H3,(H,19,20,23). The fraction of sp³-hybridized carbons (Fsp3) is 0.389. The number of nitrogens with zero attached hydrogens (tertiary/aromatic N) is 2. The summed E-state index contributed by atoms with van der Waals surface area (Å²) < 4.78 is 10.1. The van der Waals surface area contributed by atoms with Crippen molar-refractivity contribution in [2.45, 2.75) is 26.3 Å². The molecule has 0 fully saturated rings. The second-order valence-corrected chi connectivity index (χ2v) is 6.91. The molecule has 0 unspecified atom stereocenters. The summed E-state index contributed by atoms with van der Waals surface area (Å²) in [7, 11) is 1.61. The number of hydrogen-bond acceptors (Lipinski definition) is 6. The second kappa shape index (κ2) is 8.18. The number of ether oxygens (including phenoxy) is 2. The van der Waals surface area contributed by atoms with Crippen LogP contribution in [0.2, 0.25) is 0 Å². The summed E-state index contributed by atoms with van der Waals surface area (Å²) in [6.45, 7) is 3.19. The first kappa shape index (κ1) is 18.2. The number of carbonyl (C=O) groups is 2. The average Bonchev–Trinajstić information content (AvgIpc) is 3.03. The Morgan fingerprint density at radius 2 is 2.23 bits per heavy atom. The summed E-state index contributed by atoms with van der Waals surface area (Å²) in [5, 5.41) is 3.14. The summed E-state index contributed by atoms with van der Waals surface area (Å²) >= 11 is 1.39. The minimum absolute atomic E-state index is 0.0669. The fourth-order valence-corrected chi connectivity index (χ4v) is 3.79. The molecular weight excluding hydrogens is 354 g/mol. The molecule has 8 heteroatoms. The number of methoxy groups -OCH3 is 1. The molecule has 0 aliphatic carbocycles. The van der Waals surface area contributed by atoms with Crippen LogP contribution < -0.4 is 10.1 Å². The van der Waals surface area contributed by atoms with E-state index in [4.69, 9.17) is 9.47 Å². The number of rotatable bonds is 5. The van der Waals surface area contributed by atoms with E-state index in [1.54, 1.807) is 14.0 Å². The molecule has 1 aromatic heterocycles. The maximum absolute atomic E-state index is 12.6. The van der Waals surface area contributed by atoms with Crippen LogP contribution in [-0.4, -0.2) is 42.1 Å². The van der Waals surface area contributed by atoms with Gasteiger partial charge in [0.25, 0.3) is 0 Å². The molecular formula is C18H21N3O4S. The van der Waals surface area contributed by atoms with Crippen LogP contribution in [-0.2, 0) is 28.9 Å². The molecule has 1 aliphatic rings. The lowest BCUT2D eigenvalue weighted by Gasteiger charge is -2.26. The van der Waals surface area contributed by atoms with Gasteiger partial charge in [-0.2, -0.15) is 0 Å². The Morgan fingerprint density at radius 1 is 1.38 bits per heavy atom. The third-order valence-electron chi connectivity index (χ3n) is 4.06. The van der Waals surface area contributed by atoms with Crippen molar-refractivity contribution in [2.75, 3.05) is 25.6 Å².